The molecule has 0 bridgehead atoms. The van der Waals surface area contributed by atoms with Crippen molar-refractivity contribution in [1.82, 2.24) is 4.98 Å². The molecule has 0 amide bonds. The molecule has 0 radical (unpaired) electrons. The van der Waals surface area contributed by atoms with Crippen molar-refractivity contribution in [2.45, 2.75) is 19.3 Å². The van der Waals surface area contributed by atoms with Gasteiger partial charge in [0.2, 0.25) is 0 Å². The van der Waals surface area contributed by atoms with Gasteiger partial charge in [-0.05, 0) is 104 Å². The summed E-state index contributed by atoms with van der Waals surface area (Å²) >= 11 is 0. The van der Waals surface area contributed by atoms with Crippen LogP contribution in [0.3, 0.4) is 0 Å². The van der Waals surface area contributed by atoms with Crippen molar-refractivity contribution in [3.05, 3.63) is 160 Å². The van der Waals surface area contributed by atoms with Crippen LogP contribution in [0.5, 0.6) is 11.5 Å². The maximum Gasteiger partial charge on any atom is 0.193 e. The zero-order chi connectivity index (χ0) is 40.1. The quantitative estimate of drug-likeness (QED) is 0.0896. The Balaban J connectivity index is 0.000000215. The van der Waals surface area contributed by atoms with Crippen molar-refractivity contribution in [2.75, 3.05) is 53.4 Å². The number of ether oxygens (including phenoxy) is 4. The third-order valence-corrected chi connectivity index (χ3v) is 8.50. The molecule has 57 heavy (non-hydrogen) atoms. The predicted octanol–water partition coefficient (Wildman–Crippen LogP) is 8.67. The minimum absolute atomic E-state index is 0.0469. The zero-order valence-electron chi connectivity index (χ0n) is 31.9. The number of aryl methyl sites for hydroxylation is 1. The van der Waals surface area contributed by atoms with E-state index in [1.807, 2.05) is 97.2 Å². The number of benzene rings is 4. The van der Waals surface area contributed by atoms with Crippen molar-refractivity contribution in [3.63, 3.8) is 0 Å². The first-order valence-electron chi connectivity index (χ1n) is 18.7. The summed E-state index contributed by atoms with van der Waals surface area (Å²) in [6, 6.07) is 38.4. The summed E-state index contributed by atoms with van der Waals surface area (Å²) in [4.78, 5) is 28.8. The van der Waals surface area contributed by atoms with E-state index >= 15 is 0 Å². The van der Waals surface area contributed by atoms with Crippen molar-refractivity contribution < 1.29 is 32.2 Å². The molecule has 3 heterocycles. The number of rotatable bonds is 17. The number of pyridine rings is 1. The van der Waals surface area contributed by atoms with Crippen LogP contribution in [-0.2, 0) is 15.9 Å². The Bertz CT molecular complexity index is 2350. The highest BCUT2D eigenvalue weighted by Gasteiger charge is 2.08. The van der Waals surface area contributed by atoms with Crippen LogP contribution in [0.1, 0.15) is 18.5 Å². The molecule has 0 unspecified atom stereocenters. The van der Waals surface area contributed by atoms with Gasteiger partial charge in [0.25, 0.3) is 0 Å². The van der Waals surface area contributed by atoms with Crippen LogP contribution in [0.15, 0.2) is 152 Å². The lowest BCUT2D eigenvalue weighted by molar-refractivity contribution is 0.0974. The molecule has 296 valence electrons. The minimum Gasteiger partial charge on any atom is -0.491 e. The molecule has 7 rings (SSSR count). The van der Waals surface area contributed by atoms with Crippen molar-refractivity contribution in [2.24, 2.45) is 5.73 Å². The van der Waals surface area contributed by atoms with Crippen LogP contribution >= 0.6 is 0 Å². The Hall–Kier alpha value is -6.14. The Morgan fingerprint density at radius 1 is 0.561 bits per heavy atom. The third-order valence-electron chi connectivity index (χ3n) is 8.50. The summed E-state index contributed by atoms with van der Waals surface area (Å²) in [5.41, 5.74) is 9.19. The fourth-order valence-corrected chi connectivity index (χ4v) is 5.70. The first kappa shape index (κ1) is 42.0. The van der Waals surface area contributed by atoms with Crippen LogP contribution in [0, 0.1) is 0 Å². The van der Waals surface area contributed by atoms with E-state index in [-0.39, 0.29) is 10.9 Å². The number of fused-ring (bicyclic) bond motifs is 2. The Labute approximate surface area is 330 Å². The van der Waals surface area contributed by atoms with E-state index < -0.39 is 0 Å². The molecular formula is C46H47FN2O8. The molecular weight excluding hydrogens is 728 g/mol. The van der Waals surface area contributed by atoms with Gasteiger partial charge in [-0.15, -0.1) is 0 Å². The fraction of sp³-hybridized carbons (Fsp3) is 0.239. The molecule has 0 aliphatic rings. The van der Waals surface area contributed by atoms with Crippen molar-refractivity contribution >= 4 is 21.9 Å². The second kappa shape index (κ2) is 23.1. The van der Waals surface area contributed by atoms with E-state index in [1.54, 1.807) is 24.3 Å². The standard InChI is InChI=1S/C26H25NO4.C19H19NO4.CH3F/c28-24-19-26(31-25-10-2-1-9-23(24)25)20-11-13-22(14-12-20)30-18-17-29-16-6-4-8-21-7-3-5-15-27-21;20-9-10-22-11-12-23-15-7-5-14(6-8-15)19-13-17(21)16-3-1-2-4-18(16)24-19;1-2/h1-3,5,7,9-15,19H,4,6,8,16-18H2;1-8,13H,9-12,20H2;1H3. The minimum atomic E-state index is -0.0516. The number of nitrogens with two attached hydrogens (primary N) is 1. The number of halogens is 1. The van der Waals surface area contributed by atoms with Gasteiger partial charge < -0.3 is 33.5 Å². The molecule has 0 aliphatic carbocycles. The van der Waals surface area contributed by atoms with Gasteiger partial charge in [0.05, 0.1) is 37.8 Å². The summed E-state index contributed by atoms with van der Waals surface area (Å²) in [7, 11) is 0.500. The summed E-state index contributed by atoms with van der Waals surface area (Å²) in [6.45, 7) is 3.75. The maximum absolute atomic E-state index is 12.3. The second-order valence-electron chi connectivity index (χ2n) is 12.5. The molecule has 0 spiro atoms. The van der Waals surface area contributed by atoms with Gasteiger partial charge in [-0.2, -0.15) is 0 Å². The number of aromatic nitrogens is 1. The number of hydrogen-bond donors (Lipinski definition) is 1. The highest BCUT2D eigenvalue weighted by atomic mass is 19.1. The van der Waals surface area contributed by atoms with Gasteiger partial charge in [-0.25, -0.2) is 0 Å². The van der Waals surface area contributed by atoms with Crippen LogP contribution in [0.25, 0.3) is 44.6 Å². The number of nitrogens with zero attached hydrogens (tertiary/aromatic N) is 1. The van der Waals surface area contributed by atoms with E-state index in [9.17, 15) is 14.0 Å². The van der Waals surface area contributed by atoms with E-state index in [4.69, 9.17) is 33.5 Å². The van der Waals surface area contributed by atoms with Gasteiger partial charge in [0, 0.05) is 48.3 Å². The Morgan fingerprint density at radius 2 is 1.05 bits per heavy atom. The molecule has 4 aromatic carbocycles. The topological polar surface area (TPSA) is 136 Å². The van der Waals surface area contributed by atoms with Gasteiger partial charge >= 0.3 is 0 Å². The predicted molar refractivity (Wildman–Crippen MR) is 222 cm³/mol. The summed E-state index contributed by atoms with van der Waals surface area (Å²) in [5, 5.41) is 1.17. The number of unbranched alkanes of at least 4 members (excludes halogenated alkanes) is 1. The lowest BCUT2D eigenvalue weighted by Crippen LogP contribution is -2.13. The number of para-hydroxylation sites is 2. The first-order valence-corrected chi connectivity index (χ1v) is 18.7. The maximum atomic E-state index is 12.3. The molecule has 0 saturated carbocycles. The Morgan fingerprint density at radius 3 is 1.54 bits per heavy atom. The van der Waals surface area contributed by atoms with Gasteiger partial charge in [0.15, 0.2) is 10.9 Å². The molecule has 3 aromatic heterocycles. The lowest BCUT2D eigenvalue weighted by Gasteiger charge is -2.08. The SMILES string of the molecule is CF.NCCOCCOc1ccc(-c2cc(=O)c3ccccc3o2)cc1.O=c1cc(-c2ccc(OCCOCCCCc3ccccn3)cc2)oc2ccccc12. The van der Waals surface area contributed by atoms with E-state index in [0.717, 1.165) is 54.2 Å². The van der Waals surface area contributed by atoms with Gasteiger partial charge in [-0.1, -0.05) is 30.3 Å². The van der Waals surface area contributed by atoms with E-state index in [0.29, 0.717) is 80.2 Å². The summed E-state index contributed by atoms with van der Waals surface area (Å²) < 4.78 is 43.4. The Kier molecular flexibility index (Phi) is 17.0. The smallest absolute Gasteiger partial charge is 0.193 e. The van der Waals surface area contributed by atoms with Crippen LogP contribution in [0.4, 0.5) is 4.39 Å². The van der Waals surface area contributed by atoms with E-state index in [1.165, 1.54) is 12.1 Å². The first-order chi connectivity index (χ1) is 28.1. The zero-order valence-corrected chi connectivity index (χ0v) is 31.9. The summed E-state index contributed by atoms with van der Waals surface area (Å²) in [6.07, 6.45) is 4.87. The lowest BCUT2D eigenvalue weighted by atomic mass is 10.1. The van der Waals surface area contributed by atoms with Crippen molar-refractivity contribution in [1.29, 1.82) is 0 Å². The molecule has 0 fully saturated rings. The molecule has 10 nitrogen and oxygen atoms in total. The molecule has 7 aromatic rings. The molecule has 0 aliphatic heterocycles. The van der Waals surface area contributed by atoms with Gasteiger partial charge in [-0.3, -0.25) is 19.0 Å². The number of alkyl halides is 1. The fourth-order valence-electron chi connectivity index (χ4n) is 5.70. The van der Waals surface area contributed by atoms with Crippen LogP contribution in [-0.4, -0.2) is 58.3 Å². The third kappa shape index (κ3) is 13.0. The van der Waals surface area contributed by atoms with E-state index in [2.05, 4.69) is 4.98 Å². The monoisotopic (exact) mass is 774 g/mol. The van der Waals surface area contributed by atoms with Crippen LogP contribution < -0.4 is 26.1 Å². The average molecular weight is 775 g/mol. The van der Waals surface area contributed by atoms with Crippen LogP contribution in [0.2, 0.25) is 0 Å². The molecule has 0 saturated heterocycles. The number of hydrogen-bond acceptors (Lipinski definition) is 10. The highest BCUT2D eigenvalue weighted by Crippen LogP contribution is 2.26. The van der Waals surface area contributed by atoms with Crippen molar-refractivity contribution in [3.8, 4) is 34.1 Å². The van der Waals surface area contributed by atoms with Gasteiger partial charge in [0.1, 0.15) is 47.4 Å². The normalized spacial score (nSPS) is 10.6. The largest absolute Gasteiger partial charge is 0.491 e. The molecule has 2 N–H and O–H groups in total. The highest BCUT2D eigenvalue weighted by molar-refractivity contribution is 5.79. The molecule has 11 heteroatoms. The summed E-state index contributed by atoms with van der Waals surface area (Å²) in [5.74, 6) is 2.57. The second-order valence-corrected chi connectivity index (χ2v) is 12.5. The average Bonchev–Trinajstić information content (AvgIpc) is 3.26. The molecule has 0 atom stereocenters.